The summed E-state index contributed by atoms with van der Waals surface area (Å²) in [6, 6.07) is 43.2. The van der Waals surface area contributed by atoms with E-state index in [1.165, 1.54) is 0 Å². The van der Waals surface area contributed by atoms with E-state index in [1.807, 2.05) is 228 Å². The molecule has 0 aliphatic rings. The molecule has 0 atom stereocenters. The fourth-order valence-corrected chi connectivity index (χ4v) is 5.84. The van der Waals surface area contributed by atoms with Crippen molar-refractivity contribution in [1.29, 1.82) is 0 Å². The number of halogens is 2. The second-order valence-corrected chi connectivity index (χ2v) is 14.7. The van der Waals surface area contributed by atoms with Gasteiger partial charge in [-0.1, -0.05) is 60.9 Å². The van der Waals surface area contributed by atoms with Crippen LogP contribution in [0, 0.1) is 0 Å². The highest BCUT2D eigenvalue weighted by molar-refractivity contribution is 6.28. The number of nitrogens with zero attached hydrogens (tertiary/aromatic N) is 10. The van der Waals surface area contributed by atoms with Crippen molar-refractivity contribution in [1.82, 2.24) is 9.13 Å². The van der Waals surface area contributed by atoms with Crippen molar-refractivity contribution in [2.45, 2.75) is 44.6 Å². The van der Waals surface area contributed by atoms with Crippen LogP contribution in [0.3, 0.4) is 0 Å². The number of rotatable bonds is 10. The van der Waals surface area contributed by atoms with E-state index >= 15 is 0 Å². The van der Waals surface area contributed by atoms with Gasteiger partial charge in [0.15, 0.2) is 6.20 Å². The molecule has 74 heavy (non-hydrogen) atoms. The summed E-state index contributed by atoms with van der Waals surface area (Å²) in [7, 11) is 12.8. The van der Waals surface area contributed by atoms with Gasteiger partial charge in [0.05, 0.1) is 66.2 Å². The molecule has 8 rings (SSSR count). The van der Waals surface area contributed by atoms with Crippen LogP contribution in [0.15, 0.2) is 191 Å². The SMILES string of the molecule is C.C.C.C.C.C.CO[O-].C[n+]1ccccc1Cl.Cn1cc[n+](C)c1N=Nc1ccc(Nc2ccc(N)cc2)cc1.Cn1cc[n+](C)c1N=Nc1ccc(Nc2ccc(Nc3cccc[n+]3C)cc2)cc1.O=C[O-].[I-]. The zero-order valence-electron chi connectivity index (χ0n) is 38.7. The molecule has 402 valence electrons. The average molecular weight is 1150 g/mol. The average Bonchev–Trinajstić information content (AvgIpc) is 3.83. The number of nitrogens with two attached hydrogens (primary N) is 1. The number of carbonyl (C=O) groups excluding carboxylic acids is 1. The largest absolute Gasteiger partial charge is 1.00 e. The third kappa shape index (κ3) is 24.7. The molecule has 0 saturated carbocycles. The van der Waals surface area contributed by atoms with Crippen molar-refractivity contribution in [2.75, 3.05) is 28.8 Å². The number of aryl methyl sites for hydroxylation is 6. The Morgan fingerprint density at radius 2 is 0.851 bits per heavy atom. The highest BCUT2D eigenvalue weighted by atomic mass is 127. The van der Waals surface area contributed by atoms with E-state index in [4.69, 9.17) is 32.5 Å². The lowest BCUT2D eigenvalue weighted by atomic mass is 10.2. The molecule has 0 unspecified atom stereocenters. The molecule has 5 N–H and O–H groups in total. The molecule has 4 aromatic carbocycles. The Labute approximate surface area is 462 Å². The first-order valence-electron chi connectivity index (χ1n) is 20.4. The maximum absolute atomic E-state index is 8.43. The molecule has 0 fully saturated rings. The van der Waals surface area contributed by atoms with Crippen LogP contribution < -0.4 is 74.3 Å². The molecular weight excluding hydrogens is 1070 g/mol. The van der Waals surface area contributed by atoms with Gasteiger partial charge in [-0.05, 0) is 121 Å². The van der Waals surface area contributed by atoms with E-state index in [0.29, 0.717) is 0 Å². The number of benzene rings is 4. The number of aromatic nitrogens is 6. The molecular formula is C54H79ClIN14O4+. The van der Waals surface area contributed by atoms with Crippen molar-refractivity contribution in [3.8, 4) is 0 Å². The molecule has 0 saturated heterocycles. The van der Waals surface area contributed by atoms with Gasteiger partial charge < -0.3 is 60.4 Å². The molecule has 4 heterocycles. The third-order valence-electron chi connectivity index (χ3n) is 9.23. The summed E-state index contributed by atoms with van der Waals surface area (Å²) in [6.07, 6.45) is 11.7. The first kappa shape index (κ1) is 72.9. The highest BCUT2D eigenvalue weighted by Gasteiger charge is 2.12. The molecule has 0 aliphatic carbocycles. The standard InChI is InChI=1S/C23H23N7.C17H18N6.C6H7ClN.CH4O2.CH2O2.6CH4.HI/c1-28-15-5-4-6-22(28)25-20-9-7-18(8-10-20)24-19-11-13-21(14-12-19)26-27-23-29(2)16-17-30(23)3;1-22-11-12-23(2)17(22)21-20-16-9-7-15(8-10-16)19-14-5-3-13(18)4-6-14;1-8-5-3-2-4-6(8)7;1-3-2;2-1-3;;;;;;;/h4-17H,1-3H3;3-12H,1-2H3,(H2,18,20);2-5H,1H3;2H,1H3;1H,(H,2,3);6*1H4;1H/q;;+1;;;;;;;;;. The van der Waals surface area contributed by atoms with Gasteiger partial charge in [0.1, 0.15) is 24.1 Å². The Kier molecular flexibility index (Phi) is 38.4. The van der Waals surface area contributed by atoms with E-state index in [0.717, 1.165) is 75.5 Å². The number of carboxylic acid groups (broad SMARTS) is 1. The number of pyridine rings is 2. The number of imidazole rings is 2. The molecule has 0 amide bonds. The minimum atomic E-state index is -0.500. The Bertz CT molecular complexity index is 2730. The van der Waals surface area contributed by atoms with Crippen molar-refractivity contribution < 1.29 is 62.3 Å². The minimum Gasteiger partial charge on any atom is -1.00 e. The number of hydrogen-bond donors (Lipinski definition) is 4. The third-order valence-corrected chi connectivity index (χ3v) is 9.62. The summed E-state index contributed by atoms with van der Waals surface area (Å²) in [5, 5.41) is 44.8. The smallest absolute Gasteiger partial charge is 0.421 e. The number of anilines is 7. The number of nitrogens with one attached hydrogen (secondary N) is 3. The summed E-state index contributed by atoms with van der Waals surface area (Å²) < 4.78 is 11.6. The van der Waals surface area contributed by atoms with Gasteiger partial charge in [-0.2, -0.15) is 4.57 Å². The van der Waals surface area contributed by atoms with E-state index in [2.05, 4.69) is 53.4 Å². The zero-order chi connectivity index (χ0) is 48.6. The monoisotopic (exact) mass is 1150 g/mol. The molecule has 0 aliphatic heterocycles. The molecule has 0 bridgehead atoms. The fraction of sp³-hybridized carbons (Fsp3) is 0.241. The van der Waals surface area contributed by atoms with Crippen molar-refractivity contribution in [3.63, 3.8) is 0 Å². The Hall–Kier alpha value is -7.59. The van der Waals surface area contributed by atoms with Gasteiger partial charge in [0, 0.05) is 70.4 Å². The normalized spacial score (nSPS) is 9.31. The molecule has 0 spiro atoms. The number of hydrogen-bond acceptors (Lipinski definition) is 12. The number of carbonyl (C=O) groups is 1. The Balaban J connectivity index is -0.000000496. The van der Waals surface area contributed by atoms with E-state index in [1.54, 1.807) is 0 Å². The summed E-state index contributed by atoms with van der Waals surface area (Å²) in [5.41, 5.74) is 13.1. The predicted octanol–water partition coefficient (Wildman–Crippen LogP) is 7.43. The second-order valence-electron chi connectivity index (χ2n) is 14.3. The quantitative estimate of drug-likeness (QED) is 0.0158. The van der Waals surface area contributed by atoms with Crippen molar-refractivity contribution in [2.24, 2.45) is 62.7 Å². The number of azo groups is 2. The predicted molar refractivity (Wildman–Crippen MR) is 295 cm³/mol. The van der Waals surface area contributed by atoms with Crippen LogP contribution >= 0.6 is 11.6 Å². The second kappa shape index (κ2) is 39.0. The van der Waals surface area contributed by atoms with Crippen molar-refractivity contribution >= 4 is 81.3 Å². The first-order valence-corrected chi connectivity index (χ1v) is 20.8. The van der Waals surface area contributed by atoms with Crippen LogP contribution in [0.5, 0.6) is 0 Å². The summed E-state index contributed by atoms with van der Waals surface area (Å²) in [5.74, 6) is 2.61. The zero-order valence-corrected chi connectivity index (χ0v) is 41.6. The molecule has 8 aromatic rings. The molecule has 18 nitrogen and oxygen atoms in total. The summed E-state index contributed by atoms with van der Waals surface area (Å²) in [6.45, 7) is -0.500. The molecule has 20 heteroatoms. The van der Waals surface area contributed by atoms with E-state index < -0.39 is 6.47 Å². The first-order chi connectivity index (χ1) is 32.3. The Morgan fingerprint density at radius 3 is 1.16 bits per heavy atom. The lowest BCUT2D eigenvalue weighted by Crippen LogP contribution is -3.00. The Morgan fingerprint density at radius 1 is 0.527 bits per heavy atom. The fourth-order valence-electron chi connectivity index (χ4n) is 5.71. The van der Waals surface area contributed by atoms with Crippen LogP contribution in [0.2, 0.25) is 5.15 Å². The van der Waals surface area contributed by atoms with Crippen LogP contribution in [-0.2, 0) is 52.0 Å². The van der Waals surface area contributed by atoms with Crippen LogP contribution in [0.1, 0.15) is 44.6 Å². The number of nitrogen functional groups attached to an aromatic ring is 1. The minimum absolute atomic E-state index is 0. The van der Waals surface area contributed by atoms with Crippen LogP contribution in [-0.4, -0.2) is 22.7 Å². The van der Waals surface area contributed by atoms with Gasteiger partial charge in [0.25, 0.3) is 11.0 Å². The lowest BCUT2D eigenvalue weighted by Gasteiger charge is -2.07. The van der Waals surface area contributed by atoms with Gasteiger partial charge in [-0.3, -0.25) is 0 Å². The van der Waals surface area contributed by atoms with Gasteiger partial charge in [-0.15, -0.1) is 0 Å². The van der Waals surface area contributed by atoms with E-state index in [-0.39, 0.29) is 68.5 Å². The summed E-state index contributed by atoms with van der Waals surface area (Å²) in [4.78, 5) is 11.2. The maximum Gasteiger partial charge on any atom is 0.421 e. The van der Waals surface area contributed by atoms with Gasteiger partial charge in [-0.25, -0.2) is 28.2 Å². The highest BCUT2D eigenvalue weighted by Crippen LogP contribution is 2.25. The van der Waals surface area contributed by atoms with Crippen molar-refractivity contribution in [3.05, 3.63) is 176 Å². The maximum atomic E-state index is 8.43. The van der Waals surface area contributed by atoms with E-state index in [9.17, 15) is 0 Å². The van der Waals surface area contributed by atoms with Gasteiger partial charge >= 0.3 is 11.9 Å². The van der Waals surface area contributed by atoms with Crippen LogP contribution in [0.25, 0.3) is 0 Å². The van der Waals surface area contributed by atoms with Gasteiger partial charge in [0.2, 0.25) is 0 Å². The lowest BCUT2D eigenvalue weighted by molar-refractivity contribution is -0.679. The van der Waals surface area contributed by atoms with Crippen LogP contribution in [0.4, 0.5) is 63.2 Å². The summed E-state index contributed by atoms with van der Waals surface area (Å²) >= 11 is 5.67. The molecule has 4 aromatic heterocycles. The topological polar surface area (TPSA) is 209 Å². The molecule has 0 radical (unpaired) electrons.